The zero-order chi connectivity index (χ0) is 12.5. The van der Waals surface area contributed by atoms with Crippen molar-refractivity contribution in [3.8, 4) is 0 Å². The largest absolute Gasteiger partial charge is 0.481 e. The number of benzene rings is 1. The molecule has 2 aromatic rings. The van der Waals surface area contributed by atoms with Gasteiger partial charge in [0.2, 0.25) is 0 Å². The minimum absolute atomic E-state index is 0.167. The smallest absolute Gasteiger partial charge is 0.307 e. The van der Waals surface area contributed by atoms with Gasteiger partial charge in [-0.15, -0.1) is 0 Å². The van der Waals surface area contributed by atoms with Crippen molar-refractivity contribution in [3.05, 3.63) is 42.3 Å². The average molecular weight is 243 g/mol. The molecule has 1 N–H and O–H groups in total. The summed E-state index contributed by atoms with van der Waals surface area (Å²) < 4.78 is 5.68. The zero-order valence-electron chi connectivity index (χ0n) is 9.74. The van der Waals surface area contributed by atoms with Crippen molar-refractivity contribution in [2.75, 3.05) is 0 Å². The van der Waals surface area contributed by atoms with E-state index in [9.17, 15) is 9.90 Å². The molecular weight excluding hydrogens is 230 g/mol. The fraction of sp³-hybridized carbons (Fsp3) is 0.286. The van der Waals surface area contributed by atoms with Gasteiger partial charge in [-0.3, -0.25) is 4.79 Å². The van der Waals surface area contributed by atoms with Crippen LogP contribution in [0.5, 0.6) is 0 Å². The second kappa shape index (κ2) is 4.29. The lowest BCUT2D eigenvalue weighted by Gasteiger charge is -2.21. The van der Waals surface area contributed by atoms with Crippen LogP contribution in [0.2, 0.25) is 0 Å². The number of carbonyl (C=O) groups is 1. The molecule has 0 unspecified atom stereocenters. The molecule has 4 heteroatoms. The molecule has 1 aliphatic carbocycles. The van der Waals surface area contributed by atoms with E-state index in [1.54, 1.807) is 0 Å². The maximum atomic E-state index is 11.2. The third-order valence-electron chi connectivity index (χ3n) is 3.38. The Hall–Kier alpha value is -2.10. The average Bonchev–Trinajstić information content (AvgIpc) is 2.82. The Balaban J connectivity index is 2.02. The van der Waals surface area contributed by atoms with Gasteiger partial charge in [-0.2, -0.15) is 0 Å². The van der Waals surface area contributed by atoms with Gasteiger partial charge in [-0.1, -0.05) is 24.3 Å². The van der Waals surface area contributed by atoms with Crippen LogP contribution in [0.15, 0.2) is 40.8 Å². The summed E-state index contributed by atoms with van der Waals surface area (Å²) in [6.07, 6.45) is 5.12. The molecule has 0 fully saturated rings. The van der Waals surface area contributed by atoms with Gasteiger partial charge in [0.05, 0.1) is 11.8 Å². The number of allylic oxidation sites excluding steroid dienone is 2. The molecule has 0 radical (unpaired) electrons. The molecule has 1 aromatic carbocycles. The standard InChI is InChI=1S/C14H13NO3/c16-14(17)10-6-2-1-5-9(10)13-15-11-7-3-4-8-12(11)18-13/h1-4,7-10H,5-6H2,(H,16,17)/t9-,10+/m1/s1. The number of para-hydroxylation sites is 2. The minimum atomic E-state index is -0.786. The summed E-state index contributed by atoms with van der Waals surface area (Å²) in [6.45, 7) is 0. The van der Waals surface area contributed by atoms with E-state index in [2.05, 4.69) is 4.98 Å². The minimum Gasteiger partial charge on any atom is -0.481 e. The lowest BCUT2D eigenvalue weighted by Crippen LogP contribution is -2.23. The van der Waals surface area contributed by atoms with Crippen LogP contribution in [0.4, 0.5) is 0 Å². The summed E-state index contributed by atoms with van der Waals surface area (Å²) in [4.78, 5) is 15.7. The lowest BCUT2D eigenvalue weighted by molar-refractivity contribution is -0.142. The Morgan fingerprint density at radius 3 is 2.83 bits per heavy atom. The first-order valence-corrected chi connectivity index (χ1v) is 5.99. The zero-order valence-corrected chi connectivity index (χ0v) is 9.74. The molecule has 1 aromatic heterocycles. The number of nitrogens with zero attached hydrogens (tertiary/aromatic N) is 1. The van der Waals surface area contributed by atoms with Crippen LogP contribution >= 0.6 is 0 Å². The van der Waals surface area contributed by atoms with E-state index < -0.39 is 11.9 Å². The van der Waals surface area contributed by atoms with Crippen molar-refractivity contribution >= 4 is 17.1 Å². The first-order chi connectivity index (χ1) is 8.75. The highest BCUT2D eigenvalue weighted by atomic mass is 16.4. The quantitative estimate of drug-likeness (QED) is 0.823. The fourth-order valence-corrected chi connectivity index (χ4v) is 2.41. The van der Waals surface area contributed by atoms with Crippen molar-refractivity contribution in [2.24, 2.45) is 5.92 Å². The number of oxazole rings is 1. The third-order valence-corrected chi connectivity index (χ3v) is 3.38. The van der Waals surface area contributed by atoms with Crippen molar-refractivity contribution in [1.29, 1.82) is 0 Å². The molecule has 0 saturated heterocycles. The molecule has 0 saturated carbocycles. The summed E-state index contributed by atoms with van der Waals surface area (Å²) in [7, 11) is 0. The molecule has 3 rings (SSSR count). The highest BCUT2D eigenvalue weighted by Crippen LogP contribution is 2.35. The Morgan fingerprint density at radius 2 is 2.06 bits per heavy atom. The molecule has 4 nitrogen and oxygen atoms in total. The van der Waals surface area contributed by atoms with E-state index in [-0.39, 0.29) is 5.92 Å². The monoisotopic (exact) mass is 243 g/mol. The van der Waals surface area contributed by atoms with Gasteiger partial charge in [0.1, 0.15) is 5.52 Å². The van der Waals surface area contributed by atoms with Crippen LogP contribution in [0.1, 0.15) is 24.7 Å². The molecule has 18 heavy (non-hydrogen) atoms. The van der Waals surface area contributed by atoms with Gasteiger partial charge >= 0.3 is 5.97 Å². The Kier molecular flexibility index (Phi) is 2.63. The van der Waals surface area contributed by atoms with E-state index in [4.69, 9.17) is 4.42 Å². The van der Waals surface area contributed by atoms with Crippen molar-refractivity contribution in [1.82, 2.24) is 4.98 Å². The number of aromatic nitrogens is 1. The van der Waals surface area contributed by atoms with Gasteiger partial charge in [0.25, 0.3) is 0 Å². The molecule has 0 amide bonds. The van der Waals surface area contributed by atoms with Crippen LogP contribution in [-0.2, 0) is 4.79 Å². The Bertz CT molecular complexity index is 581. The van der Waals surface area contributed by atoms with Crippen LogP contribution in [0.3, 0.4) is 0 Å². The number of carboxylic acids is 1. The molecule has 92 valence electrons. The van der Waals surface area contributed by atoms with Gasteiger partial charge in [-0.25, -0.2) is 4.98 Å². The number of rotatable bonds is 2. The number of aliphatic carboxylic acids is 1. The Labute approximate surface area is 104 Å². The second-order valence-corrected chi connectivity index (χ2v) is 4.51. The van der Waals surface area contributed by atoms with Crippen molar-refractivity contribution in [3.63, 3.8) is 0 Å². The molecule has 0 spiro atoms. The molecule has 1 aliphatic rings. The molecule has 0 bridgehead atoms. The molecular formula is C14H13NO3. The number of carboxylic acid groups (broad SMARTS) is 1. The first-order valence-electron chi connectivity index (χ1n) is 5.99. The third kappa shape index (κ3) is 1.79. The first kappa shape index (κ1) is 11.0. The summed E-state index contributed by atoms with van der Waals surface area (Å²) >= 11 is 0. The SMILES string of the molecule is O=C(O)[C@H]1CC=CC[C@H]1c1nc2ccccc2o1. The van der Waals surface area contributed by atoms with Crippen LogP contribution < -0.4 is 0 Å². The van der Waals surface area contributed by atoms with Crippen LogP contribution in [0, 0.1) is 5.92 Å². The van der Waals surface area contributed by atoms with Gasteiger partial charge < -0.3 is 9.52 Å². The topological polar surface area (TPSA) is 63.3 Å². The van der Waals surface area contributed by atoms with E-state index >= 15 is 0 Å². The lowest BCUT2D eigenvalue weighted by atomic mass is 9.83. The van der Waals surface area contributed by atoms with Gasteiger partial charge in [0, 0.05) is 0 Å². The van der Waals surface area contributed by atoms with E-state index in [1.807, 2.05) is 36.4 Å². The van der Waals surface area contributed by atoms with E-state index in [0.717, 1.165) is 5.52 Å². The molecule has 0 aliphatic heterocycles. The molecule has 2 atom stereocenters. The highest BCUT2D eigenvalue weighted by molar-refractivity contribution is 5.74. The summed E-state index contributed by atoms with van der Waals surface area (Å²) in [5, 5.41) is 9.24. The van der Waals surface area contributed by atoms with Crippen LogP contribution in [-0.4, -0.2) is 16.1 Å². The number of hydrogen-bond acceptors (Lipinski definition) is 3. The number of hydrogen-bond donors (Lipinski definition) is 1. The summed E-state index contributed by atoms with van der Waals surface area (Å²) in [5.41, 5.74) is 1.50. The second-order valence-electron chi connectivity index (χ2n) is 4.51. The van der Waals surface area contributed by atoms with Crippen molar-refractivity contribution < 1.29 is 14.3 Å². The van der Waals surface area contributed by atoms with Crippen LogP contribution in [0.25, 0.3) is 11.1 Å². The predicted molar refractivity (Wildman–Crippen MR) is 66.2 cm³/mol. The van der Waals surface area contributed by atoms with Gasteiger partial charge in [-0.05, 0) is 25.0 Å². The number of fused-ring (bicyclic) bond motifs is 1. The summed E-state index contributed by atoms with van der Waals surface area (Å²) in [5.74, 6) is -0.859. The van der Waals surface area contributed by atoms with E-state index in [0.29, 0.717) is 24.3 Å². The van der Waals surface area contributed by atoms with E-state index in [1.165, 1.54) is 0 Å². The maximum absolute atomic E-state index is 11.2. The summed E-state index contributed by atoms with van der Waals surface area (Å²) in [6, 6.07) is 7.49. The normalized spacial score (nSPS) is 23.3. The predicted octanol–water partition coefficient (Wildman–Crippen LogP) is 2.96. The maximum Gasteiger partial charge on any atom is 0.307 e. The fourth-order valence-electron chi connectivity index (χ4n) is 2.41. The van der Waals surface area contributed by atoms with Gasteiger partial charge in [0.15, 0.2) is 11.5 Å². The van der Waals surface area contributed by atoms with Crippen molar-refractivity contribution in [2.45, 2.75) is 18.8 Å². The Morgan fingerprint density at radius 1 is 1.28 bits per heavy atom. The molecule has 1 heterocycles. The highest BCUT2D eigenvalue weighted by Gasteiger charge is 2.33.